The number of aromatic nitrogens is 2. The lowest BCUT2D eigenvalue weighted by Crippen LogP contribution is -2.11. The number of allylic oxidation sites excluding steroid dienone is 6. The summed E-state index contributed by atoms with van der Waals surface area (Å²) in [4.78, 5) is 0. The number of fused-ring (bicyclic) bond motifs is 10. The number of rotatable bonds is 3. The van der Waals surface area contributed by atoms with Crippen LogP contribution in [0, 0.1) is 23.2 Å². The number of benzene rings is 4. The maximum atomic E-state index is 10.2. The molecule has 3 unspecified atom stereocenters. The van der Waals surface area contributed by atoms with Crippen LogP contribution in [0.25, 0.3) is 67.2 Å². The molecule has 0 radical (unpaired) electrons. The second-order valence-electron chi connectivity index (χ2n) is 13.6. The van der Waals surface area contributed by atoms with Gasteiger partial charge in [-0.15, -0.1) is 0 Å². The third-order valence-corrected chi connectivity index (χ3v) is 10.7. The molecule has 0 saturated heterocycles. The van der Waals surface area contributed by atoms with Gasteiger partial charge in [0.15, 0.2) is 0 Å². The lowest BCUT2D eigenvalue weighted by Gasteiger charge is -2.23. The molecule has 48 heavy (non-hydrogen) atoms. The maximum Gasteiger partial charge on any atom is 0.145 e. The van der Waals surface area contributed by atoms with Gasteiger partial charge in [0.25, 0.3) is 0 Å². The van der Waals surface area contributed by atoms with E-state index in [9.17, 15) is 5.26 Å². The molecule has 10 rings (SSSR count). The van der Waals surface area contributed by atoms with Crippen molar-refractivity contribution in [3.05, 3.63) is 143 Å². The highest BCUT2D eigenvalue weighted by atomic mass is 16.3. The Morgan fingerprint density at radius 2 is 1.54 bits per heavy atom. The van der Waals surface area contributed by atoms with Crippen molar-refractivity contribution < 1.29 is 4.42 Å². The van der Waals surface area contributed by atoms with Crippen LogP contribution < -0.4 is 0 Å². The van der Waals surface area contributed by atoms with E-state index in [1.807, 2.05) is 12.2 Å². The van der Waals surface area contributed by atoms with Crippen LogP contribution in [0.2, 0.25) is 0 Å². The average Bonchev–Trinajstić information content (AvgIpc) is 3.79. The van der Waals surface area contributed by atoms with Gasteiger partial charge in [-0.05, 0) is 79.3 Å². The van der Waals surface area contributed by atoms with Crippen molar-refractivity contribution in [2.24, 2.45) is 11.8 Å². The van der Waals surface area contributed by atoms with Gasteiger partial charge >= 0.3 is 0 Å². The maximum absolute atomic E-state index is 10.2. The number of nitriles is 1. The molecule has 0 saturated carbocycles. The molecular weight excluding hydrogens is 587 g/mol. The lowest BCUT2D eigenvalue weighted by atomic mass is 9.83. The minimum Gasteiger partial charge on any atom is -0.456 e. The quantitative estimate of drug-likeness (QED) is 0.198. The van der Waals surface area contributed by atoms with Crippen molar-refractivity contribution in [3.8, 4) is 17.4 Å². The number of nitrogens with zero attached hydrogens (tertiary/aromatic N) is 3. The highest BCUT2D eigenvalue weighted by molar-refractivity contribution is 6.20. The lowest BCUT2D eigenvalue weighted by molar-refractivity contribution is 0.586. The highest BCUT2D eigenvalue weighted by Gasteiger charge is 2.26. The van der Waals surface area contributed by atoms with Crippen LogP contribution in [0.1, 0.15) is 47.4 Å². The molecule has 3 aromatic heterocycles. The van der Waals surface area contributed by atoms with Crippen molar-refractivity contribution in [1.82, 2.24) is 9.13 Å². The summed E-state index contributed by atoms with van der Waals surface area (Å²) < 4.78 is 11.6. The zero-order valence-electron chi connectivity index (χ0n) is 26.7. The molecule has 0 bridgehead atoms. The predicted molar refractivity (Wildman–Crippen MR) is 197 cm³/mol. The van der Waals surface area contributed by atoms with E-state index in [0.717, 1.165) is 64.0 Å². The molecule has 0 spiro atoms. The van der Waals surface area contributed by atoms with E-state index in [1.165, 1.54) is 38.5 Å². The molecule has 3 aliphatic rings. The normalized spacial score (nSPS) is 19.8. The Kier molecular flexibility index (Phi) is 5.90. The van der Waals surface area contributed by atoms with Crippen molar-refractivity contribution >= 4 is 55.8 Å². The summed E-state index contributed by atoms with van der Waals surface area (Å²) in [6.07, 6.45) is 20.3. The number of hydrogen-bond donors (Lipinski definition) is 0. The third kappa shape index (κ3) is 3.88. The molecule has 3 atom stereocenters. The van der Waals surface area contributed by atoms with Crippen molar-refractivity contribution in [2.75, 3.05) is 0 Å². The summed E-state index contributed by atoms with van der Waals surface area (Å²) >= 11 is 0. The number of hydrogen-bond acceptors (Lipinski definition) is 2. The molecule has 4 nitrogen and oxygen atoms in total. The van der Waals surface area contributed by atoms with E-state index in [0.29, 0.717) is 5.92 Å². The molecule has 0 amide bonds. The highest BCUT2D eigenvalue weighted by Crippen LogP contribution is 2.43. The molecule has 4 heteroatoms. The van der Waals surface area contributed by atoms with Crippen molar-refractivity contribution in [2.45, 2.75) is 32.1 Å². The Hall–Kier alpha value is -5.79. The minimum atomic E-state index is -0.237. The fourth-order valence-electron chi connectivity index (χ4n) is 8.53. The first-order valence-corrected chi connectivity index (χ1v) is 17.0. The Bertz CT molecular complexity index is 2640. The van der Waals surface area contributed by atoms with Crippen LogP contribution in [0.15, 0.2) is 120 Å². The molecule has 7 aromatic rings. The van der Waals surface area contributed by atoms with Crippen LogP contribution in [-0.4, -0.2) is 9.13 Å². The van der Waals surface area contributed by atoms with Crippen LogP contribution >= 0.6 is 0 Å². The molecule has 4 aromatic carbocycles. The molecule has 0 N–H and O–H groups in total. The first-order chi connectivity index (χ1) is 23.7. The smallest absolute Gasteiger partial charge is 0.145 e. The van der Waals surface area contributed by atoms with Gasteiger partial charge in [-0.25, -0.2) is 0 Å². The predicted octanol–water partition coefficient (Wildman–Crippen LogP) is 11.0. The minimum absolute atomic E-state index is 0.0541. The molecule has 0 aliphatic heterocycles. The molecule has 3 aliphatic carbocycles. The first-order valence-electron chi connectivity index (χ1n) is 17.0. The van der Waals surface area contributed by atoms with Gasteiger partial charge in [-0.2, -0.15) is 5.26 Å². The Morgan fingerprint density at radius 3 is 2.40 bits per heavy atom. The summed E-state index contributed by atoms with van der Waals surface area (Å²) in [5, 5.41) is 15.0. The van der Waals surface area contributed by atoms with E-state index in [4.69, 9.17) is 4.42 Å². The standard InChI is InChI=1S/C44H33N3O/c1-27-18-21-42-37(22-27)35-19-20-41-43(44(35)48-42)36-14-6-9-17-40(36)47(41)31-24-29(32-11-3-2-10-28(32)26-45)23-30(25-31)46-38-15-7-4-12-33(38)34-13-5-8-16-39(34)46/h2-7,9-15,17-21,23-25,27-28,32H,8,16,22H2,1H3. The number of furan rings is 1. The first kappa shape index (κ1) is 27.3. The summed E-state index contributed by atoms with van der Waals surface area (Å²) in [5.74, 6) is 1.18. The summed E-state index contributed by atoms with van der Waals surface area (Å²) in [5.41, 5.74) is 11.7. The number of para-hydroxylation sites is 2. The van der Waals surface area contributed by atoms with E-state index in [1.54, 1.807) is 0 Å². The van der Waals surface area contributed by atoms with Gasteiger partial charge in [-0.3, -0.25) is 0 Å². The van der Waals surface area contributed by atoms with Gasteiger partial charge in [0.2, 0.25) is 0 Å². The van der Waals surface area contributed by atoms with Crippen LogP contribution in [0.3, 0.4) is 0 Å². The van der Waals surface area contributed by atoms with Gasteiger partial charge in [-0.1, -0.05) is 85.9 Å². The summed E-state index contributed by atoms with van der Waals surface area (Å²) in [6.45, 7) is 2.27. The van der Waals surface area contributed by atoms with Crippen molar-refractivity contribution in [3.63, 3.8) is 0 Å². The molecular formula is C44H33N3O. The second kappa shape index (κ2) is 10.4. The molecule has 3 heterocycles. The van der Waals surface area contributed by atoms with Crippen LogP contribution in [-0.2, 0) is 12.8 Å². The Balaban J connectivity index is 1.29. The summed E-state index contributed by atoms with van der Waals surface area (Å²) in [7, 11) is 0. The SMILES string of the molecule is CC1C=Cc2oc3c(ccc4c3c3ccccc3n4-c3cc(C4C=CC=CC4C#N)cc(-n4c5c(c6ccccc64)C=CCC5)c3)c2C1. The monoisotopic (exact) mass is 619 g/mol. The van der Waals surface area contributed by atoms with E-state index in [2.05, 4.69) is 137 Å². The zero-order chi connectivity index (χ0) is 31.9. The van der Waals surface area contributed by atoms with E-state index in [-0.39, 0.29) is 11.8 Å². The third-order valence-electron chi connectivity index (χ3n) is 10.7. The van der Waals surface area contributed by atoms with E-state index >= 15 is 0 Å². The Labute approximate surface area is 278 Å². The van der Waals surface area contributed by atoms with Gasteiger partial charge < -0.3 is 13.6 Å². The fourth-order valence-corrected chi connectivity index (χ4v) is 8.53. The van der Waals surface area contributed by atoms with E-state index < -0.39 is 0 Å². The zero-order valence-corrected chi connectivity index (χ0v) is 26.7. The second-order valence-corrected chi connectivity index (χ2v) is 13.6. The Morgan fingerprint density at radius 1 is 0.771 bits per heavy atom. The van der Waals surface area contributed by atoms with Crippen LogP contribution in [0.4, 0.5) is 0 Å². The summed E-state index contributed by atoms with van der Waals surface area (Å²) in [6, 6.07) is 31.5. The fraction of sp³-hybridized carbons (Fsp3) is 0.159. The van der Waals surface area contributed by atoms with Crippen LogP contribution in [0.5, 0.6) is 0 Å². The topological polar surface area (TPSA) is 46.8 Å². The van der Waals surface area contributed by atoms with Gasteiger partial charge in [0, 0.05) is 50.3 Å². The van der Waals surface area contributed by atoms with Crippen molar-refractivity contribution in [1.29, 1.82) is 5.26 Å². The van der Waals surface area contributed by atoms with Gasteiger partial charge in [0.1, 0.15) is 11.3 Å². The van der Waals surface area contributed by atoms with Gasteiger partial charge in [0.05, 0.1) is 33.9 Å². The largest absolute Gasteiger partial charge is 0.456 e. The molecule has 230 valence electrons. The average molecular weight is 620 g/mol. The molecule has 0 fully saturated rings.